The van der Waals surface area contributed by atoms with E-state index in [1.165, 1.54) is 6.26 Å². The fourth-order valence-electron chi connectivity index (χ4n) is 2.18. The lowest BCUT2D eigenvalue weighted by atomic mass is 9.82. The van der Waals surface area contributed by atoms with Crippen molar-refractivity contribution in [2.75, 3.05) is 6.61 Å². The summed E-state index contributed by atoms with van der Waals surface area (Å²) < 4.78 is 32.0. The third-order valence-corrected chi connectivity index (χ3v) is 3.11. The van der Waals surface area contributed by atoms with Crippen LogP contribution in [0.3, 0.4) is 0 Å². The van der Waals surface area contributed by atoms with Gasteiger partial charge < -0.3 is 9.52 Å². The molecule has 0 unspecified atom stereocenters. The molecule has 0 spiro atoms. The average molecular weight is 278 g/mol. The average Bonchev–Trinajstić information content (AvgIpc) is 2.95. The van der Waals surface area contributed by atoms with Gasteiger partial charge in [-0.25, -0.2) is 13.8 Å². The van der Waals surface area contributed by atoms with Gasteiger partial charge in [-0.15, -0.1) is 0 Å². The van der Waals surface area contributed by atoms with Crippen molar-refractivity contribution in [2.45, 2.75) is 18.3 Å². The first-order valence-electron chi connectivity index (χ1n) is 6.01. The number of nitriles is 1. The van der Waals surface area contributed by atoms with Crippen molar-refractivity contribution in [1.29, 1.82) is 5.26 Å². The Labute approximate surface area is 114 Å². The normalized spacial score (nSPS) is 13.7. The van der Waals surface area contributed by atoms with Gasteiger partial charge >= 0.3 is 0 Å². The molecule has 1 heterocycles. The smallest absolute Gasteiger partial charge is 0.180 e. The molecule has 104 valence electrons. The molecule has 0 aliphatic carbocycles. The Morgan fingerprint density at radius 2 is 2.20 bits per heavy atom. The van der Waals surface area contributed by atoms with Crippen LogP contribution in [0.1, 0.15) is 29.5 Å². The highest BCUT2D eigenvalue weighted by molar-refractivity contribution is 5.30. The van der Waals surface area contributed by atoms with E-state index in [0.29, 0.717) is 5.69 Å². The number of aliphatic hydroxyl groups excluding tert-OH is 1. The van der Waals surface area contributed by atoms with E-state index in [1.54, 1.807) is 0 Å². The molecule has 0 saturated carbocycles. The Kier molecular flexibility index (Phi) is 4.43. The number of nitrogens with zero attached hydrogens (tertiary/aromatic N) is 2. The van der Waals surface area contributed by atoms with Gasteiger partial charge in [0, 0.05) is 12.5 Å². The van der Waals surface area contributed by atoms with E-state index in [4.69, 9.17) is 9.52 Å². The van der Waals surface area contributed by atoms with Crippen LogP contribution in [0, 0.1) is 23.0 Å². The molecule has 4 nitrogen and oxygen atoms in total. The largest absolute Gasteiger partial charge is 0.451 e. The fraction of sp³-hybridized carbons (Fsp3) is 0.286. The monoisotopic (exact) mass is 278 g/mol. The number of aliphatic hydroxyl groups is 1. The topological polar surface area (TPSA) is 70.0 Å². The zero-order chi connectivity index (χ0) is 14.5. The summed E-state index contributed by atoms with van der Waals surface area (Å²) in [7, 11) is 0. The van der Waals surface area contributed by atoms with E-state index in [9.17, 15) is 14.0 Å². The van der Waals surface area contributed by atoms with E-state index in [2.05, 4.69) is 4.98 Å². The lowest BCUT2D eigenvalue weighted by Gasteiger charge is -2.20. The molecule has 0 aliphatic heterocycles. The molecular formula is C14H12F2N2O2. The third-order valence-electron chi connectivity index (χ3n) is 3.11. The molecule has 2 atom stereocenters. The van der Waals surface area contributed by atoms with Crippen molar-refractivity contribution in [1.82, 2.24) is 4.98 Å². The highest BCUT2D eigenvalue weighted by Gasteiger charge is 2.29. The fourth-order valence-corrected chi connectivity index (χ4v) is 2.18. The molecule has 0 aliphatic rings. The van der Waals surface area contributed by atoms with E-state index in [1.807, 2.05) is 6.07 Å². The maximum Gasteiger partial charge on any atom is 0.180 e. The van der Waals surface area contributed by atoms with Crippen molar-refractivity contribution in [3.8, 4) is 6.07 Å². The van der Waals surface area contributed by atoms with Crippen LogP contribution in [-0.2, 0) is 0 Å². The number of aromatic nitrogens is 1. The van der Waals surface area contributed by atoms with Crippen LogP contribution in [0.5, 0.6) is 0 Å². The Morgan fingerprint density at radius 1 is 1.40 bits per heavy atom. The first kappa shape index (κ1) is 14.2. The van der Waals surface area contributed by atoms with Crippen molar-refractivity contribution in [3.05, 3.63) is 53.7 Å². The summed E-state index contributed by atoms with van der Waals surface area (Å²) in [4.78, 5) is 3.88. The van der Waals surface area contributed by atoms with Crippen molar-refractivity contribution in [3.63, 3.8) is 0 Å². The van der Waals surface area contributed by atoms with Crippen LogP contribution in [0.2, 0.25) is 0 Å². The van der Waals surface area contributed by atoms with E-state index < -0.39 is 23.5 Å². The van der Waals surface area contributed by atoms with Crippen LogP contribution < -0.4 is 0 Å². The Hall–Kier alpha value is -2.26. The molecule has 1 N–H and O–H groups in total. The molecule has 2 aromatic rings. The minimum atomic E-state index is -0.822. The highest BCUT2D eigenvalue weighted by atomic mass is 19.1. The van der Waals surface area contributed by atoms with Gasteiger partial charge in [0.15, 0.2) is 6.39 Å². The minimum Gasteiger partial charge on any atom is -0.451 e. The summed E-state index contributed by atoms with van der Waals surface area (Å²) in [6.07, 6.45) is 2.57. The predicted molar refractivity (Wildman–Crippen MR) is 65.7 cm³/mol. The van der Waals surface area contributed by atoms with Gasteiger partial charge in [-0.2, -0.15) is 5.26 Å². The number of benzene rings is 1. The Balaban J connectivity index is 2.45. The van der Waals surface area contributed by atoms with E-state index in [-0.39, 0.29) is 18.6 Å². The van der Waals surface area contributed by atoms with Gasteiger partial charge in [0.2, 0.25) is 0 Å². The second-order valence-electron chi connectivity index (χ2n) is 4.30. The van der Waals surface area contributed by atoms with E-state index >= 15 is 0 Å². The predicted octanol–water partition coefficient (Wildman–Crippen LogP) is 2.73. The van der Waals surface area contributed by atoms with Gasteiger partial charge in [0.25, 0.3) is 0 Å². The number of rotatable bonds is 5. The summed E-state index contributed by atoms with van der Waals surface area (Å²) in [5, 5.41) is 18.4. The number of oxazole rings is 1. The lowest BCUT2D eigenvalue weighted by Crippen LogP contribution is -2.14. The summed E-state index contributed by atoms with van der Waals surface area (Å²) in [6.45, 7) is -0.253. The molecule has 0 fully saturated rings. The molecule has 20 heavy (non-hydrogen) atoms. The quantitative estimate of drug-likeness (QED) is 0.912. The Bertz CT molecular complexity index is 608. The van der Waals surface area contributed by atoms with Crippen molar-refractivity contribution < 1.29 is 18.3 Å². The zero-order valence-electron chi connectivity index (χ0n) is 10.5. The van der Waals surface area contributed by atoms with Gasteiger partial charge in [-0.1, -0.05) is 0 Å². The summed E-state index contributed by atoms with van der Waals surface area (Å²) in [5.41, 5.74) is 0.378. The maximum atomic E-state index is 13.9. The van der Waals surface area contributed by atoms with Crippen molar-refractivity contribution in [2.24, 2.45) is 0 Å². The van der Waals surface area contributed by atoms with Gasteiger partial charge in [-0.05, 0) is 30.2 Å². The zero-order valence-corrected chi connectivity index (χ0v) is 10.5. The molecule has 1 aromatic heterocycles. The molecule has 0 radical (unpaired) electrons. The van der Waals surface area contributed by atoms with Crippen molar-refractivity contribution >= 4 is 0 Å². The number of hydrogen-bond acceptors (Lipinski definition) is 4. The summed E-state index contributed by atoms with van der Waals surface area (Å²) in [6, 6.07) is 5.07. The first-order chi connectivity index (χ1) is 9.67. The third kappa shape index (κ3) is 2.83. The molecule has 2 rings (SSSR count). The van der Waals surface area contributed by atoms with Crippen LogP contribution in [-0.4, -0.2) is 16.7 Å². The molecule has 6 heteroatoms. The molecule has 1 aromatic carbocycles. The number of hydrogen-bond donors (Lipinski definition) is 1. The van der Waals surface area contributed by atoms with E-state index in [0.717, 1.165) is 24.6 Å². The van der Waals surface area contributed by atoms with Gasteiger partial charge in [0.1, 0.15) is 17.9 Å². The minimum absolute atomic E-state index is 0.0496. The van der Waals surface area contributed by atoms with Gasteiger partial charge in [-0.3, -0.25) is 0 Å². The molecule has 0 amide bonds. The SMILES string of the molecule is N#C[C@H](c1cocn1)[C@@H](CCO)c1cc(F)ccc1F. The van der Waals surface area contributed by atoms with Crippen LogP contribution in [0.15, 0.2) is 35.3 Å². The second kappa shape index (κ2) is 6.26. The molecule has 0 bridgehead atoms. The molecular weight excluding hydrogens is 266 g/mol. The van der Waals surface area contributed by atoms with Gasteiger partial charge in [0.05, 0.1) is 17.7 Å². The van der Waals surface area contributed by atoms with Crippen LogP contribution in [0.4, 0.5) is 8.78 Å². The number of halogens is 2. The first-order valence-corrected chi connectivity index (χ1v) is 6.01. The molecule has 0 saturated heterocycles. The van der Waals surface area contributed by atoms with Crippen LogP contribution in [0.25, 0.3) is 0 Å². The maximum absolute atomic E-state index is 13.9. The highest BCUT2D eigenvalue weighted by Crippen LogP contribution is 2.36. The van der Waals surface area contributed by atoms with Crippen LogP contribution >= 0.6 is 0 Å². The summed E-state index contributed by atoms with van der Waals surface area (Å²) >= 11 is 0. The lowest BCUT2D eigenvalue weighted by molar-refractivity contribution is 0.270. The summed E-state index contributed by atoms with van der Waals surface area (Å²) in [5.74, 6) is -2.74. The second-order valence-corrected chi connectivity index (χ2v) is 4.30. The Morgan fingerprint density at radius 3 is 2.80 bits per heavy atom. The standard InChI is InChI=1S/C14H12F2N2O2/c15-9-1-2-13(16)11(5-9)10(3-4-19)12(6-17)14-7-20-8-18-14/h1-2,5,7-8,10,12,19H,3-4H2/t10-,12-/m0/s1.